The minimum atomic E-state index is -4.56. The van der Waals surface area contributed by atoms with Crippen molar-refractivity contribution in [3.05, 3.63) is 40.2 Å². The summed E-state index contributed by atoms with van der Waals surface area (Å²) in [6.07, 6.45) is -3.66. The summed E-state index contributed by atoms with van der Waals surface area (Å²) in [6, 6.07) is 5.62. The molecule has 0 saturated heterocycles. The first-order chi connectivity index (χ1) is 10.3. The average Bonchev–Trinajstić information content (AvgIpc) is 2.46. The van der Waals surface area contributed by atoms with E-state index in [1.54, 1.807) is 6.07 Å². The number of aromatic amines is 1. The van der Waals surface area contributed by atoms with Crippen LogP contribution in [0, 0.1) is 0 Å². The van der Waals surface area contributed by atoms with E-state index in [1.165, 1.54) is 12.1 Å². The first kappa shape index (κ1) is 16.4. The molecule has 1 N–H and O–H groups in total. The number of hydrogen-bond acceptors (Lipinski definition) is 2. The van der Waals surface area contributed by atoms with Crippen molar-refractivity contribution in [1.82, 2.24) is 4.98 Å². The molecule has 0 aliphatic heterocycles. The van der Waals surface area contributed by atoms with Gasteiger partial charge in [0, 0.05) is 35.2 Å². The highest BCUT2D eigenvalue weighted by Crippen LogP contribution is 2.35. The van der Waals surface area contributed by atoms with Crippen LogP contribution >= 0.6 is 0 Å². The Balaban J connectivity index is 2.67. The largest absolute Gasteiger partial charge is 0.417 e. The number of nitrogens with zero attached hydrogens (tertiary/aromatic N) is 1. The molecule has 0 spiro atoms. The van der Waals surface area contributed by atoms with Crippen LogP contribution in [0.2, 0.25) is 0 Å². The smallest absolute Gasteiger partial charge is 0.369 e. The fourth-order valence-electron chi connectivity index (χ4n) is 2.62. The molecule has 6 heteroatoms. The zero-order chi connectivity index (χ0) is 16.5. The molecule has 2 aromatic rings. The van der Waals surface area contributed by atoms with Crippen LogP contribution in [0.4, 0.5) is 18.9 Å². The lowest BCUT2D eigenvalue weighted by Crippen LogP contribution is -2.32. The lowest BCUT2D eigenvalue weighted by molar-refractivity contribution is -0.136. The lowest BCUT2D eigenvalue weighted by Gasteiger charge is -2.30. The number of fused-ring (bicyclic) bond motifs is 1. The number of anilines is 1. The van der Waals surface area contributed by atoms with E-state index in [-0.39, 0.29) is 16.9 Å². The monoisotopic (exact) mass is 312 g/mol. The summed E-state index contributed by atoms with van der Waals surface area (Å²) in [4.78, 5) is 15.9. The summed E-state index contributed by atoms with van der Waals surface area (Å²) >= 11 is 0. The Hall–Kier alpha value is -1.98. The molecule has 2 rings (SSSR count). The standard InChI is InChI=1S/C16H19F3N2O/c1-4-10(3)21(5-2)11-6-7-14-12(8-11)13(16(17,18)19)9-15(22)20-14/h6-10H,4-5H2,1-3H3,(H,20,22). The van der Waals surface area contributed by atoms with Crippen LogP contribution in [0.5, 0.6) is 0 Å². The summed E-state index contributed by atoms with van der Waals surface area (Å²) in [7, 11) is 0. The quantitative estimate of drug-likeness (QED) is 0.919. The third-order valence-corrected chi connectivity index (χ3v) is 3.93. The second kappa shape index (κ2) is 6.02. The van der Waals surface area contributed by atoms with Gasteiger partial charge in [0.2, 0.25) is 5.56 Å². The van der Waals surface area contributed by atoms with Gasteiger partial charge in [-0.25, -0.2) is 0 Å². The second-order valence-corrected chi connectivity index (χ2v) is 5.32. The molecule has 22 heavy (non-hydrogen) atoms. The van der Waals surface area contributed by atoms with Crippen LogP contribution in [0.25, 0.3) is 10.9 Å². The highest BCUT2D eigenvalue weighted by atomic mass is 19.4. The molecule has 3 nitrogen and oxygen atoms in total. The van der Waals surface area contributed by atoms with Crippen LogP contribution in [0.15, 0.2) is 29.1 Å². The van der Waals surface area contributed by atoms with E-state index in [2.05, 4.69) is 4.98 Å². The number of rotatable bonds is 4. The fourth-order valence-corrected chi connectivity index (χ4v) is 2.62. The molecule has 0 bridgehead atoms. The van der Waals surface area contributed by atoms with E-state index in [9.17, 15) is 18.0 Å². The van der Waals surface area contributed by atoms with E-state index in [0.29, 0.717) is 12.6 Å². The third kappa shape index (κ3) is 3.10. The Labute approximate surface area is 126 Å². The highest BCUT2D eigenvalue weighted by molar-refractivity contribution is 5.86. The maximum atomic E-state index is 13.2. The van der Waals surface area contributed by atoms with Gasteiger partial charge in [-0.15, -0.1) is 0 Å². The van der Waals surface area contributed by atoms with Crippen molar-refractivity contribution in [3.63, 3.8) is 0 Å². The Morgan fingerprint density at radius 1 is 1.23 bits per heavy atom. The van der Waals surface area contributed by atoms with Crippen LogP contribution in [0.1, 0.15) is 32.8 Å². The molecule has 1 aromatic heterocycles. The van der Waals surface area contributed by atoms with E-state index in [1.807, 2.05) is 25.7 Å². The maximum Gasteiger partial charge on any atom is 0.417 e. The van der Waals surface area contributed by atoms with Gasteiger partial charge in [0.05, 0.1) is 5.56 Å². The summed E-state index contributed by atoms with van der Waals surface area (Å²) in [5.74, 6) is 0. The predicted octanol–water partition coefficient (Wildman–Crippen LogP) is 4.17. The topological polar surface area (TPSA) is 36.1 Å². The number of halogens is 3. The van der Waals surface area contributed by atoms with Crippen molar-refractivity contribution in [2.75, 3.05) is 11.4 Å². The van der Waals surface area contributed by atoms with E-state index in [0.717, 1.165) is 12.1 Å². The molecule has 0 aliphatic carbocycles. The van der Waals surface area contributed by atoms with Crippen molar-refractivity contribution in [2.45, 2.75) is 39.4 Å². The Morgan fingerprint density at radius 3 is 2.45 bits per heavy atom. The second-order valence-electron chi connectivity index (χ2n) is 5.32. The molecule has 120 valence electrons. The number of benzene rings is 1. The molecule has 0 radical (unpaired) electrons. The minimum Gasteiger partial charge on any atom is -0.369 e. The van der Waals surface area contributed by atoms with Gasteiger partial charge < -0.3 is 9.88 Å². The fraction of sp³-hybridized carbons (Fsp3) is 0.438. The normalized spacial score (nSPS) is 13.4. The molecule has 0 saturated carbocycles. The first-order valence-electron chi connectivity index (χ1n) is 7.28. The van der Waals surface area contributed by atoms with Crippen LogP contribution in [-0.2, 0) is 6.18 Å². The van der Waals surface area contributed by atoms with Crippen molar-refractivity contribution in [2.24, 2.45) is 0 Å². The molecule has 0 aliphatic rings. The lowest BCUT2D eigenvalue weighted by atomic mass is 10.1. The van der Waals surface area contributed by atoms with Gasteiger partial charge in [-0.05, 0) is 38.5 Å². The predicted molar refractivity (Wildman–Crippen MR) is 82.3 cm³/mol. The molecular weight excluding hydrogens is 293 g/mol. The number of alkyl halides is 3. The molecule has 1 unspecified atom stereocenters. The third-order valence-electron chi connectivity index (χ3n) is 3.93. The summed E-state index contributed by atoms with van der Waals surface area (Å²) in [5, 5.41) is 0.0198. The zero-order valence-corrected chi connectivity index (χ0v) is 12.8. The van der Waals surface area contributed by atoms with Crippen molar-refractivity contribution < 1.29 is 13.2 Å². The molecule has 1 aromatic carbocycles. The SMILES string of the molecule is CCC(C)N(CC)c1ccc2[nH]c(=O)cc(C(F)(F)F)c2c1. The van der Waals surface area contributed by atoms with Gasteiger partial charge >= 0.3 is 6.18 Å². The van der Waals surface area contributed by atoms with E-state index in [4.69, 9.17) is 0 Å². The number of hydrogen-bond donors (Lipinski definition) is 1. The van der Waals surface area contributed by atoms with Gasteiger partial charge in [-0.2, -0.15) is 13.2 Å². The summed E-state index contributed by atoms with van der Waals surface area (Å²) < 4.78 is 39.5. The molecule has 1 atom stereocenters. The molecular formula is C16H19F3N2O. The van der Waals surface area contributed by atoms with Crippen molar-refractivity contribution in [1.29, 1.82) is 0 Å². The van der Waals surface area contributed by atoms with Crippen LogP contribution in [0.3, 0.4) is 0 Å². The van der Waals surface area contributed by atoms with Gasteiger partial charge in [0.1, 0.15) is 0 Å². The average molecular weight is 312 g/mol. The first-order valence-corrected chi connectivity index (χ1v) is 7.28. The number of H-pyrrole nitrogens is 1. The molecule has 0 fully saturated rings. The Kier molecular flexibility index (Phi) is 4.49. The summed E-state index contributed by atoms with van der Waals surface area (Å²) in [5.41, 5.74) is -0.721. The minimum absolute atomic E-state index is 0.0198. The van der Waals surface area contributed by atoms with Gasteiger partial charge in [-0.3, -0.25) is 4.79 Å². The van der Waals surface area contributed by atoms with Crippen LogP contribution in [-0.4, -0.2) is 17.6 Å². The molecule has 0 amide bonds. The highest BCUT2D eigenvalue weighted by Gasteiger charge is 2.33. The Morgan fingerprint density at radius 2 is 1.91 bits per heavy atom. The molecule has 1 heterocycles. The number of nitrogens with one attached hydrogen (secondary N) is 1. The van der Waals surface area contributed by atoms with Crippen molar-refractivity contribution in [3.8, 4) is 0 Å². The summed E-state index contributed by atoms with van der Waals surface area (Å²) in [6.45, 7) is 6.73. The number of pyridine rings is 1. The maximum absolute atomic E-state index is 13.2. The van der Waals surface area contributed by atoms with Gasteiger partial charge in [-0.1, -0.05) is 6.92 Å². The van der Waals surface area contributed by atoms with E-state index >= 15 is 0 Å². The van der Waals surface area contributed by atoms with Gasteiger partial charge in [0.25, 0.3) is 0 Å². The van der Waals surface area contributed by atoms with Gasteiger partial charge in [0.15, 0.2) is 0 Å². The number of aromatic nitrogens is 1. The Bertz CT molecular complexity index is 721. The van der Waals surface area contributed by atoms with Crippen LogP contribution < -0.4 is 10.5 Å². The van der Waals surface area contributed by atoms with Crippen molar-refractivity contribution >= 4 is 16.6 Å². The zero-order valence-electron chi connectivity index (χ0n) is 12.8. The van der Waals surface area contributed by atoms with E-state index < -0.39 is 17.3 Å².